The van der Waals surface area contributed by atoms with Crippen LogP contribution in [0.4, 0.5) is 0 Å². The van der Waals surface area contributed by atoms with Crippen molar-refractivity contribution in [3.05, 3.63) is 77.9 Å². The van der Waals surface area contributed by atoms with Gasteiger partial charge in [-0.15, -0.1) is 0 Å². The maximum Gasteiger partial charge on any atom is 0.0110 e. The summed E-state index contributed by atoms with van der Waals surface area (Å²) in [6.07, 6.45) is 15.4. The smallest absolute Gasteiger partial charge is 0.0110 e. The zero-order chi connectivity index (χ0) is 13.9. The first-order valence-corrected chi connectivity index (χ1v) is 6.72. The van der Waals surface area contributed by atoms with E-state index in [-0.39, 0.29) is 0 Å². The molecule has 0 aromatic heterocycles. The normalized spacial score (nSPS) is 13.1. The summed E-state index contributed by atoms with van der Waals surface area (Å²) in [5, 5.41) is 0. The average Bonchev–Trinajstić information content (AvgIpc) is 2.46. The first kappa shape index (κ1) is 15.2. The lowest BCUT2D eigenvalue weighted by atomic mass is 10.0. The van der Waals surface area contributed by atoms with Gasteiger partial charge in [-0.05, 0) is 37.0 Å². The molecule has 0 radical (unpaired) electrons. The Kier molecular flexibility index (Phi) is 7.30. The average molecular weight is 253 g/mol. The molecule has 19 heavy (non-hydrogen) atoms. The highest BCUT2D eigenvalue weighted by Crippen LogP contribution is 2.17. The molecule has 0 atom stereocenters. The third kappa shape index (κ3) is 5.54. The van der Waals surface area contributed by atoms with Crippen LogP contribution in [0.2, 0.25) is 0 Å². The minimum absolute atomic E-state index is 0.575. The molecule has 0 saturated carbocycles. The predicted octanol–water partition coefficient (Wildman–Crippen LogP) is 4.28. The summed E-state index contributed by atoms with van der Waals surface area (Å²) in [5.74, 6) is 0. The molecule has 1 rings (SSSR count). The molecule has 1 aromatic carbocycles. The van der Waals surface area contributed by atoms with E-state index in [4.69, 9.17) is 5.73 Å². The first-order valence-electron chi connectivity index (χ1n) is 6.72. The second kappa shape index (κ2) is 9.12. The first-order chi connectivity index (χ1) is 9.31. The Morgan fingerprint density at radius 2 is 1.79 bits per heavy atom. The van der Waals surface area contributed by atoms with Gasteiger partial charge in [0, 0.05) is 6.54 Å². The van der Waals surface area contributed by atoms with Crippen molar-refractivity contribution in [1.82, 2.24) is 0 Å². The van der Waals surface area contributed by atoms with Crippen LogP contribution < -0.4 is 5.73 Å². The van der Waals surface area contributed by atoms with Crippen LogP contribution in [0.15, 0.2) is 66.8 Å². The summed E-state index contributed by atoms with van der Waals surface area (Å²) >= 11 is 0. The van der Waals surface area contributed by atoms with Gasteiger partial charge in [-0.2, -0.15) is 0 Å². The molecule has 0 spiro atoms. The number of hydrogen-bond donors (Lipinski definition) is 1. The largest absolute Gasteiger partial charge is 0.327 e. The molecule has 0 saturated heterocycles. The van der Waals surface area contributed by atoms with Gasteiger partial charge >= 0.3 is 0 Å². The highest BCUT2D eigenvalue weighted by molar-refractivity contribution is 5.73. The second-order valence-electron chi connectivity index (χ2n) is 4.24. The number of benzene rings is 1. The summed E-state index contributed by atoms with van der Waals surface area (Å²) in [6, 6.07) is 8.67. The highest BCUT2D eigenvalue weighted by Gasteiger charge is 1.96. The molecule has 2 N–H and O–H groups in total. The molecule has 0 aliphatic carbocycles. The minimum atomic E-state index is 0.575. The van der Waals surface area contributed by atoms with E-state index in [1.165, 1.54) is 16.7 Å². The van der Waals surface area contributed by atoms with Gasteiger partial charge in [0.25, 0.3) is 0 Å². The van der Waals surface area contributed by atoms with Crippen LogP contribution in [0.3, 0.4) is 0 Å². The van der Waals surface area contributed by atoms with Crippen molar-refractivity contribution in [2.24, 2.45) is 5.73 Å². The fourth-order valence-electron chi connectivity index (χ4n) is 1.78. The molecule has 0 aliphatic rings. The van der Waals surface area contributed by atoms with Crippen LogP contribution >= 0.6 is 0 Å². The van der Waals surface area contributed by atoms with Crippen LogP contribution in [0.25, 0.3) is 5.57 Å². The Morgan fingerprint density at radius 3 is 2.37 bits per heavy atom. The monoisotopic (exact) mass is 253 g/mol. The number of hydrogen-bond acceptors (Lipinski definition) is 1. The maximum absolute atomic E-state index is 5.49. The van der Waals surface area contributed by atoms with Crippen LogP contribution in [0.1, 0.15) is 25.0 Å². The van der Waals surface area contributed by atoms with Crippen molar-refractivity contribution in [2.45, 2.75) is 20.3 Å². The van der Waals surface area contributed by atoms with Gasteiger partial charge in [-0.25, -0.2) is 0 Å². The molecule has 0 fully saturated rings. The molecule has 0 amide bonds. The number of rotatable bonds is 6. The van der Waals surface area contributed by atoms with Crippen LogP contribution in [-0.4, -0.2) is 6.54 Å². The van der Waals surface area contributed by atoms with Gasteiger partial charge < -0.3 is 5.73 Å². The van der Waals surface area contributed by atoms with Gasteiger partial charge in [0.15, 0.2) is 0 Å². The van der Waals surface area contributed by atoms with E-state index in [2.05, 4.69) is 48.6 Å². The van der Waals surface area contributed by atoms with Crippen LogP contribution in [-0.2, 0) is 6.42 Å². The lowest BCUT2D eigenvalue weighted by molar-refractivity contribution is 1.25. The molecule has 0 unspecified atom stereocenters. The van der Waals surface area contributed by atoms with E-state index in [9.17, 15) is 0 Å². The Bertz CT molecular complexity index is 473. The zero-order valence-corrected chi connectivity index (χ0v) is 11.8. The van der Waals surface area contributed by atoms with Gasteiger partial charge in [0.1, 0.15) is 0 Å². The van der Waals surface area contributed by atoms with E-state index in [1.807, 2.05) is 32.1 Å². The molecule has 0 bridgehead atoms. The Balaban J connectivity index is 2.72. The van der Waals surface area contributed by atoms with Gasteiger partial charge in [0.05, 0.1) is 0 Å². The van der Waals surface area contributed by atoms with E-state index < -0.39 is 0 Å². The summed E-state index contributed by atoms with van der Waals surface area (Å²) < 4.78 is 0. The molecule has 0 heterocycles. The maximum atomic E-state index is 5.49. The Morgan fingerprint density at radius 1 is 1.05 bits per heavy atom. The Hall–Kier alpha value is -1.86. The number of allylic oxidation sites excluding steroid dienone is 7. The third-order valence-corrected chi connectivity index (χ3v) is 2.82. The zero-order valence-electron chi connectivity index (χ0n) is 11.8. The number of nitrogens with two attached hydrogens (primary N) is 1. The predicted molar refractivity (Wildman–Crippen MR) is 85.9 cm³/mol. The van der Waals surface area contributed by atoms with Crippen molar-refractivity contribution < 1.29 is 0 Å². The lowest BCUT2D eigenvalue weighted by Crippen LogP contribution is -1.92. The fourth-order valence-corrected chi connectivity index (χ4v) is 1.78. The molecule has 100 valence electrons. The van der Waals surface area contributed by atoms with Gasteiger partial charge in [-0.1, -0.05) is 66.8 Å². The van der Waals surface area contributed by atoms with Crippen molar-refractivity contribution in [3.8, 4) is 0 Å². The molecule has 1 nitrogen and oxygen atoms in total. The van der Waals surface area contributed by atoms with E-state index in [0.717, 1.165) is 6.42 Å². The van der Waals surface area contributed by atoms with E-state index >= 15 is 0 Å². The van der Waals surface area contributed by atoms with Crippen molar-refractivity contribution in [1.29, 1.82) is 0 Å². The Labute approximate surface area is 116 Å². The van der Waals surface area contributed by atoms with Crippen LogP contribution in [0, 0.1) is 0 Å². The summed E-state index contributed by atoms with van der Waals surface area (Å²) in [4.78, 5) is 0. The van der Waals surface area contributed by atoms with Crippen molar-refractivity contribution in [2.75, 3.05) is 6.54 Å². The van der Waals surface area contributed by atoms with E-state index in [0.29, 0.717) is 6.54 Å². The SMILES string of the molecule is C/C=C\C=C/Cc1ccc(C(/C=C\CN)=C/C)cc1. The van der Waals surface area contributed by atoms with Gasteiger partial charge in [-0.3, -0.25) is 0 Å². The molecule has 1 aromatic rings. The third-order valence-electron chi connectivity index (χ3n) is 2.82. The summed E-state index contributed by atoms with van der Waals surface area (Å²) in [6.45, 7) is 4.64. The van der Waals surface area contributed by atoms with Crippen LogP contribution in [0.5, 0.6) is 0 Å². The molecule has 1 heteroatoms. The van der Waals surface area contributed by atoms with E-state index in [1.54, 1.807) is 0 Å². The summed E-state index contributed by atoms with van der Waals surface area (Å²) in [7, 11) is 0. The highest BCUT2D eigenvalue weighted by atomic mass is 14.5. The quantitative estimate of drug-likeness (QED) is 0.752. The topological polar surface area (TPSA) is 26.0 Å². The standard InChI is InChI=1S/C18H23N/c1-3-5-6-7-9-16-11-13-18(14-12-16)17(4-2)10-8-15-19/h3-8,10-14H,9,15,19H2,1-2H3/b5-3-,7-6-,10-8-,17-4+. The van der Waals surface area contributed by atoms with Crippen molar-refractivity contribution in [3.63, 3.8) is 0 Å². The second-order valence-corrected chi connectivity index (χ2v) is 4.24. The van der Waals surface area contributed by atoms with Crippen molar-refractivity contribution >= 4 is 5.57 Å². The molecule has 0 aliphatic heterocycles. The molecular formula is C18H23N. The van der Waals surface area contributed by atoms with Gasteiger partial charge in [0.2, 0.25) is 0 Å². The summed E-state index contributed by atoms with van der Waals surface area (Å²) in [5.41, 5.74) is 9.25. The lowest BCUT2D eigenvalue weighted by Gasteiger charge is -2.03. The fraction of sp³-hybridized carbons (Fsp3) is 0.222. The molecular weight excluding hydrogens is 230 g/mol. The minimum Gasteiger partial charge on any atom is -0.327 e.